The molecule has 1 heterocycles. The van der Waals surface area contributed by atoms with E-state index < -0.39 is 24.0 Å². The second-order valence-electron chi connectivity index (χ2n) is 6.31. The highest BCUT2D eigenvalue weighted by atomic mass is 16.3. The van der Waals surface area contributed by atoms with Crippen molar-refractivity contribution in [3.63, 3.8) is 0 Å². The van der Waals surface area contributed by atoms with Crippen LogP contribution in [0.2, 0.25) is 0 Å². The molecule has 0 spiro atoms. The van der Waals surface area contributed by atoms with Gasteiger partial charge in [0.2, 0.25) is 11.8 Å². The summed E-state index contributed by atoms with van der Waals surface area (Å²) < 4.78 is 0. The standard InChI is InChI=1S/C18H23N3O3/c1-11(2)9-16(22)18(24)21-15(17(19)23)10-13-8-7-12-5-3-4-6-14(12)20-13/h3-8,11,15-16,22H,9-10H2,1-2H3,(H2,19,23)(H,21,24)/t15-,16+/m0/s1. The Kier molecular flexibility index (Phi) is 5.87. The number of pyridine rings is 1. The van der Waals surface area contributed by atoms with Crippen molar-refractivity contribution in [3.8, 4) is 0 Å². The lowest BCUT2D eigenvalue weighted by Crippen LogP contribution is -2.49. The van der Waals surface area contributed by atoms with Gasteiger partial charge in [-0.15, -0.1) is 0 Å². The molecule has 2 atom stereocenters. The number of nitrogens with one attached hydrogen (secondary N) is 1. The van der Waals surface area contributed by atoms with Gasteiger partial charge in [0.15, 0.2) is 0 Å². The Morgan fingerprint density at radius 3 is 2.58 bits per heavy atom. The summed E-state index contributed by atoms with van der Waals surface area (Å²) in [5, 5.41) is 13.4. The van der Waals surface area contributed by atoms with Gasteiger partial charge in [0.25, 0.3) is 0 Å². The van der Waals surface area contributed by atoms with E-state index in [0.29, 0.717) is 12.1 Å². The monoisotopic (exact) mass is 329 g/mol. The molecule has 6 nitrogen and oxygen atoms in total. The molecular formula is C18H23N3O3. The topological polar surface area (TPSA) is 105 Å². The molecule has 1 aromatic heterocycles. The molecule has 2 rings (SSSR count). The Labute approximate surface area is 141 Å². The molecule has 0 fully saturated rings. The molecule has 2 aromatic rings. The Morgan fingerprint density at radius 2 is 1.92 bits per heavy atom. The van der Waals surface area contributed by atoms with E-state index in [2.05, 4.69) is 10.3 Å². The normalized spacial score (nSPS) is 13.7. The summed E-state index contributed by atoms with van der Waals surface area (Å²) in [7, 11) is 0. The van der Waals surface area contributed by atoms with E-state index in [1.807, 2.05) is 44.2 Å². The maximum Gasteiger partial charge on any atom is 0.249 e. The maximum atomic E-state index is 12.0. The van der Waals surface area contributed by atoms with Crippen LogP contribution in [-0.2, 0) is 16.0 Å². The Hall–Kier alpha value is -2.47. The van der Waals surface area contributed by atoms with E-state index in [-0.39, 0.29) is 12.3 Å². The number of carbonyl (C=O) groups is 2. The number of aromatic nitrogens is 1. The van der Waals surface area contributed by atoms with Crippen molar-refractivity contribution in [3.05, 3.63) is 42.1 Å². The minimum atomic E-state index is -1.16. The van der Waals surface area contributed by atoms with E-state index in [1.54, 1.807) is 6.07 Å². The molecule has 0 aliphatic heterocycles. The fraction of sp³-hybridized carbons (Fsp3) is 0.389. The first kappa shape index (κ1) is 17.9. The van der Waals surface area contributed by atoms with E-state index in [0.717, 1.165) is 10.9 Å². The molecule has 4 N–H and O–H groups in total. The molecule has 6 heteroatoms. The van der Waals surface area contributed by atoms with Crippen molar-refractivity contribution in [2.45, 2.75) is 38.8 Å². The molecule has 2 amide bonds. The highest BCUT2D eigenvalue weighted by molar-refractivity contribution is 5.88. The van der Waals surface area contributed by atoms with Gasteiger partial charge < -0.3 is 16.2 Å². The Morgan fingerprint density at radius 1 is 1.21 bits per heavy atom. The van der Waals surface area contributed by atoms with Crippen molar-refractivity contribution in [1.82, 2.24) is 10.3 Å². The molecule has 0 saturated heterocycles. The second-order valence-corrected chi connectivity index (χ2v) is 6.31. The number of aliphatic hydroxyl groups is 1. The van der Waals surface area contributed by atoms with Crippen LogP contribution in [0.3, 0.4) is 0 Å². The average molecular weight is 329 g/mol. The van der Waals surface area contributed by atoms with Crippen LogP contribution < -0.4 is 11.1 Å². The minimum absolute atomic E-state index is 0.167. The number of hydrogen-bond acceptors (Lipinski definition) is 4. The molecule has 0 aliphatic rings. The lowest BCUT2D eigenvalue weighted by molar-refractivity contribution is -0.133. The highest BCUT2D eigenvalue weighted by Crippen LogP contribution is 2.13. The molecule has 24 heavy (non-hydrogen) atoms. The smallest absolute Gasteiger partial charge is 0.249 e. The molecular weight excluding hydrogens is 306 g/mol. The maximum absolute atomic E-state index is 12.0. The SMILES string of the molecule is CC(C)C[C@@H](O)C(=O)N[C@@H](Cc1ccc2ccccc2n1)C(N)=O. The van der Waals surface area contributed by atoms with Gasteiger partial charge in [0.1, 0.15) is 12.1 Å². The predicted molar refractivity (Wildman–Crippen MR) is 92.0 cm³/mol. The first-order chi connectivity index (χ1) is 11.4. The fourth-order valence-corrected chi connectivity index (χ4v) is 2.48. The van der Waals surface area contributed by atoms with E-state index >= 15 is 0 Å². The van der Waals surface area contributed by atoms with Crippen LogP contribution in [-0.4, -0.2) is 34.1 Å². The number of rotatable bonds is 7. The van der Waals surface area contributed by atoms with Crippen LogP contribution >= 0.6 is 0 Å². The largest absolute Gasteiger partial charge is 0.383 e. The summed E-state index contributed by atoms with van der Waals surface area (Å²) in [5.41, 5.74) is 6.84. The van der Waals surface area contributed by atoms with Crippen molar-refractivity contribution >= 4 is 22.7 Å². The van der Waals surface area contributed by atoms with Gasteiger partial charge in [0, 0.05) is 17.5 Å². The summed E-state index contributed by atoms with van der Waals surface area (Å²) in [6, 6.07) is 10.4. The fourth-order valence-electron chi connectivity index (χ4n) is 2.48. The van der Waals surface area contributed by atoms with Crippen LogP contribution in [0.5, 0.6) is 0 Å². The number of amides is 2. The number of nitrogens with two attached hydrogens (primary N) is 1. The summed E-state index contributed by atoms with van der Waals surface area (Å²) in [6.07, 6.45) is -0.650. The number of para-hydroxylation sites is 1. The van der Waals surface area contributed by atoms with Gasteiger partial charge in [-0.2, -0.15) is 0 Å². The van der Waals surface area contributed by atoms with Gasteiger partial charge in [-0.05, 0) is 24.5 Å². The van der Waals surface area contributed by atoms with Crippen LogP contribution in [0.15, 0.2) is 36.4 Å². The van der Waals surface area contributed by atoms with Gasteiger partial charge in [-0.1, -0.05) is 38.1 Å². The van der Waals surface area contributed by atoms with Crippen LogP contribution in [0.4, 0.5) is 0 Å². The highest BCUT2D eigenvalue weighted by Gasteiger charge is 2.24. The molecule has 1 aromatic carbocycles. The third-order valence-corrected chi connectivity index (χ3v) is 3.73. The predicted octanol–water partition coefficient (Wildman–Crippen LogP) is 1.15. The van der Waals surface area contributed by atoms with Crippen LogP contribution in [0.25, 0.3) is 10.9 Å². The van der Waals surface area contributed by atoms with E-state index in [9.17, 15) is 14.7 Å². The number of fused-ring (bicyclic) bond motifs is 1. The lowest BCUT2D eigenvalue weighted by atomic mass is 10.0. The first-order valence-electron chi connectivity index (χ1n) is 7.99. The summed E-state index contributed by atoms with van der Waals surface area (Å²) in [5.74, 6) is -1.08. The molecule has 0 unspecified atom stereocenters. The molecule has 0 radical (unpaired) electrons. The zero-order valence-corrected chi connectivity index (χ0v) is 13.9. The number of hydrogen-bond donors (Lipinski definition) is 3. The number of aliphatic hydroxyl groups excluding tert-OH is 1. The van der Waals surface area contributed by atoms with Crippen molar-refractivity contribution in [2.75, 3.05) is 0 Å². The summed E-state index contributed by atoms with van der Waals surface area (Å²) >= 11 is 0. The van der Waals surface area contributed by atoms with E-state index in [4.69, 9.17) is 5.73 Å². The molecule has 0 bridgehead atoms. The molecule has 128 valence electrons. The third-order valence-electron chi connectivity index (χ3n) is 3.73. The lowest BCUT2D eigenvalue weighted by Gasteiger charge is -2.19. The Bertz CT molecular complexity index is 730. The molecule has 0 saturated carbocycles. The third kappa shape index (κ3) is 4.76. The van der Waals surface area contributed by atoms with Gasteiger partial charge in [0.05, 0.1) is 5.52 Å². The quantitative estimate of drug-likeness (QED) is 0.708. The Balaban J connectivity index is 2.09. The first-order valence-corrected chi connectivity index (χ1v) is 7.99. The number of benzene rings is 1. The second kappa shape index (κ2) is 7.88. The summed E-state index contributed by atoms with van der Waals surface area (Å²) in [4.78, 5) is 28.1. The minimum Gasteiger partial charge on any atom is -0.383 e. The zero-order valence-electron chi connectivity index (χ0n) is 13.9. The van der Waals surface area contributed by atoms with Gasteiger partial charge in [-0.3, -0.25) is 14.6 Å². The van der Waals surface area contributed by atoms with Crippen molar-refractivity contribution < 1.29 is 14.7 Å². The van der Waals surface area contributed by atoms with Crippen LogP contribution in [0.1, 0.15) is 26.0 Å². The average Bonchev–Trinajstić information content (AvgIpc) is 2.53. The molecule has 0 aliphatic carbocycles. The van der Waals surface area contributed by atoms with E-state index in [1.165, 1.54) is 0 Å². The number of primary amides is 1. The summed E-state index contributed by atoms with van der Waals surface area (Å²) in [6.45, 7) is 3.81. The number of carbonyl (C=O) groups excluding carboxylic acids is 2. The van der Waals surface area contributed by atoms with Gasteiger partial charge >= 0.3 is 0 Å². The van der Waals surface area contributed by atoms with Crippen LogP contribution in [0, 0.1) is 5.92 Å². The van der Waals surface area contributed by atoms with Crippen molar-refractivity contribution in [2.24, 2.45) is 11.7 Å². The number of nitrogens with zero attached hydrogens (tertiary/aromatic N) is 1. The van der Waals surface area contributed by atoms with Gasteiger partial charge in [-0.25, -0.2) is 0 Å². The zero-order chi connectivity index (χ0) is 17.7. The van der Waals surface area contributed by atoms with Crippen molar-refractivity contribution in [1.29, 1.82) is 0 Å².